The lowest BCUT2D eigenvalue weighted by Gasteiger charge is -2.51. The molecule has 3 saturated heterocycles. The fourth-order valence-corrected chi connectivity index (χ4v) is 5.42. The second-order valence-corrected chi connectivity index (χ2v) is 8.85. The van der Waals surface area contributed by atoms with Crippen molar-refractivity contribution in [2.45, 2.75) is 57.9 Å². The summed E-state index contributed by atoms with van der Waals surface area (Å²) in [6.07, 6.45) is 6.15. The highest BCUT2D eigenvalue weighted by Gasteiger charge is 2.51. The summed E-state index contributed by atoms with van der Waals surface area (Å²) in [6, 6.07) is 7.39. The smallest absolute Gasteiger partial charge is 0.245 e. The number of amides is 2. The van der Waals surface area contributed by atoms with E-state index in [0.29, 0.717) is 32.8 Å². The molecule has 3 aliphatic heterocycles. The Balaban J connectivity index is 1.55. The Morgan fingerprint density at radius 3 is 2.40 bits per heavy atom. The van der Waals surface area contributed by atoms with E-state index in [4.69, 9.17) is 9.47 Å². The van der Waals surface area contributed by atoms with Crippen molar-refractivity contribution in [2.75, 3.05) is 39.5 Å². The van der Waals surface area contributed by atoms with Crippen LogP contribution in [0.5, 0.6) is 5.75 Å². The van der Waals surface area contributed by atoms with Crippen molar-refractivity contribution >= 4 is 11.8 Å². The Morgan fingerprint density at radius 2 is 1.73 bits per heavy atom. The van der Waals surface area contributed by atoms with Crippen molar-refractivity contribution in [3.63, 3.8) is 0 Å². The first-order valence-corrected chi connectivity index (χ1v) is 11.5. The van der Waals surface area contributed by atoms with Gasteiger partial charge < -0.3 is 19.3 Å². The van der Waals surface area contributed by atoms with Gasteiger partial charge in [0, 0.05) is 38.3 Å². The molecule has 1 aromatic rings. The summed E-state index contributed by atoms with van der Waals surface area (Å²) < 4.78 is 11.1. The Hall–Kier alpha value is -2.08. The lowest BCUT2D eigenvalue weighted by molar-refractivity contribution is -0.160. The number of carbonyl (C=O) groups is 2. The lowest BCUT2D eigenvalue weighted by Crippen LogP contribution is -2.62. The quantitative estimate of drug-likeness (QED) is 0.743. The van der Waals surface area contributed by atoms with E-state index >= 15 is 0 Å². The summed E-state index contributed by atoms with van der Waals surface area (Å²) in [4.78, 5) is 31.0. The van der Waals surface area contributed by atoms with Crippen molar-refractivity contribution in [3.05, 3.63) is 29.8 Å². The predicted octanol–water partition coefficient (Wildman–Crippen LogP) is 3.04. The molecule has 1 spiro atoms. The van der Waals surface area contributed by atoms with E-state index in [-0.39, 0.29) is 23.3 Å². The number of ether oxygens (including phenoxy) is 2. The molecule has 164 valence electrons. The zero-order chi connectivity index (χ0) is 21.0. The third-order valence-electron chi connectivity index (χ3n) is 7.02. The summed E-state index contributed by atoms with van der Waals surface area (Å²) >= 11 is 0. The van der Waals surface area contributed by atoms with E-state index in [2.05, 4.69) is 0 Å². The minimum absolute atomic E-state index is 0.0577. The maximum atomic E-state index is 13.6. The molecular weight excluding hydrogens is 380 g/mol. The zero-order valence-corrected chi connectivity index (χ0v) is 18.1. The molecule has 1 unspecified atom stereocenters. The van der Waals surface area contributed by atoms with Gasteiger partial charge in [0.25, 0.3) is 0 Å². The van der Waals surface area contributed by atoms with Gasteiger partial charge in [-0.25, -0.2) is 0 Å². The number of carbonyl (C=O) groups excluding carboxylic acids is 2. The molecule has 3 aliphatic rings. The Bertz CT molecular complexity index is 731. The Labute approximate surface area is 179 Å². The van der Waals surface area contributed by atoms with Crippen LogP contribution < -0.4 is 4.74 Å². The Morgan fingerprint density at radius 1 is 1.03 bits per heavy atom. The summed E-state index contributed by atoms with van der Waals surface area (Å²) in [5, 5.41) is 0. The highest BCUT2D eigenvalue weighted by Crippen LogP contribution is 2.45. The van der Waals surface area contributed by atoms with Crippen molar-refractivity contribution in [3.8, 4) is 5.75 Å². The van der Waals surface area contributed by atoms with Gasteiger partial charge in [0.15, 0.2) is 0 Å². The minimum Gasteiger partial charge on any atom is -0.494 e. The average molecular weight is 415 g/mol. The highest BCUT2D eigenvalue weighted by atomic mass is 16.5. The van der Waals surface area contributed by atoms with Gasteiger partial charge in [-0.1, -0.05) is 12.1 Å². The third-order valence-corrected chi connectivity index (χ3v) is 7.02. The first kappa shape index (κ1) is 21.2. The summed E-state index contributed by atoms with van der Waals surface area (Å²) in [5.74, 6) is 1.03. The standard InChI is InChI=1S/C24H34N2O4/c1-2-30-20-8-6-19(7-9-20)18-21(27)26-15-5-10-24(11-16-29-17-12-24)22(26)23(28)25-13-3-4-14-25/h6-9,22H,2-5,10-18H2,1H3. The monoisotopic (exact) mass is 414 g/mol. The van der Waals surface area contributed by atoms with Crippen LogP contribution in [0.4, 0.5) is 0 Å². The summed E-state index contributed by atoms with van der Waals surface area (Å²) in [5.41, 5.74) is 0.826. The average Bonchev–Trinajstić information content (AvgIpc) is 3.30. The lowest BCUT2D eigenvalue weighted by atomic mass is 9.67. The van der Waals surface area contributed by atoms with Gasteiger partial charge in [0.05, 0.1) is 13.0 Å². The summed E-state index contributed by atoms with van der Waals surface area (Å²) in [7, 11) is 0. The van der Waals surface area contributed by atoms with Gasteiger partial charge in [-0.05, 0) is 63.1 Å². The van der Waals surface area contributed by atoms with Crippen LogP contribution in [0.1, 0.15) is 51.0 Å². The maximum absolute atomic E-state index is 13.6. The second-order valence-electron chi connectivity index (χ2n) is 8.85. The fourth-order valence-electron chi connectivity index (χ4n) is 5.42. The molecule has 0 saturated carbocycles. The van der Waals surface area contributed by atoms with Crippen molar-refractivity contribution in [2.24, 2.45) is 5.41 Å². The predicted molar refractivity (Wildman–Crippen MR) is 114 cm³/mol. The van der Waals surface area contributed by atoms with Crippen LogP contribution in [-0.4, -0.2) is 67.1 Å². The second kappa shape index (κ2) is 9.38. The normalized spacial score (nSPS) is 23.6. The molecule has 0 N–H and O–H groups in total. The number of piperidine rings is 1. The van der Waals surface area contributed by atoms with E-state index in [1.165, 1.54) is 0 Å². The first-order valence-electron chi connectivity index (χ1n) is 11.5. The molecule has 3 heterocycles. The molecule has 0 aliphatic carbocycles. The molecule has 0 radical (unpaired) electrons. The first-order chi connectivity index (χ1) is 14.6. The van der Waals surface area contributed by atoms with Crippen LogP contribution in [0.25, 0.3) is 0 Å². The van der Waals surface area contributed by atoms with E-state index in [9.17, 15) is 9.59 Å². The van der Waals surface area contributed by atoms with Gasteiger partial charge in [-0.2, -0.15) is 0 Å². The topological polar surface area (TPSA) is 59.1 Å². The molecule has 1 atom stereocenters. The maximum Gasteiger partial charge on any atom is 0.245 e. The van der Waals surface area contributed by atoms with Crippen LogP contribution in [0, 0.1) is 5.41 Å². The van der Waals surface area contributed by atoms with E-state index in [1.54, 1.807) is 0 Å². The van der Waals surface area contributed by atoms with Crippen LogP contribution in [0.15, 0.2) is 24.3 Å². The largest absolute Gasteiger partial charge is 0.494 e. The van der Waals surface area contributed by atoms with Gasteiger partial charge >= 0.3 is 0 Å². The molecule has 4 rings (SSSR count). The van der Waals surface area contributed by atoms with Gasteiger partial charge in [0.2, 0.25) is 11.8 Å². The Kier molecular flexibility index (Phi) is 6.61. The van der Waals surface area contributed by atoms with Gasteiger partial charge in [0.1, 0.15) is 11.8 Å². The third kappa shape index (κ3) is 4.34. The van der Waals surface area contributed by atoms with Gasteiger partial charge in [-0.15, -0.1) is 0 Å². The number of rotatable bonds is 5. The molecule has 2 amide bonds. The molecule has 30 heavy (non-hydrogen) atoms. The highest BCUT2D eigenvalue weighted by molar-refractivity contribution is 5.89. The van der Waals surface area contributed by atoms with Crippen LogP contribution in [0.3, 0.4) is 0 Å². The minimum atomic E-state index is -0.344. The number of benzene rings is 1. The molecule has 6 nitrogen and oxygen atoms in total. The van der Waals surface area contributed by atoms with Gasteiger partial charge in [-0.3, -0.25) is 9.59 Å². The molecular formula is C24H34N2O4. The van der Waals surface area contributed by atoms with Crippen LogP contribution >= 0.6 is 0 Å². The van der Waals surface area contributed by atoms with E-state index in [1.807, 2.05) is 41.0 Å². The van der Waals surface area contributed by atoms with Crippen LogP contribution in [-0.2, 0) is 20.7 Å². The van der Waals surface area contributed by atoms with Crippen LogP contribution in [0.2, 0.25) is 0 Å². The zero-order valence-electron chi connectivity index (χ0n) is 18.1. The summed E-state index contributed by atoms with van der Waals surface area (Å²) in [6.45, 7) is 6.26. The molecule has 0 bridgehead atoms. The van der Waals surface area contributed by atoms with Crippen molar-refractivity contribution in [1.29, 1.82) is 0 Å². The van der Waals surface area contributed by atoms with Crippen molar-refractivity contribution in [1.82, 2.24) is 9.80 Å². The number of nitrogens with zero attached hydrogens (tertiary/aromatic N) is 2. The molecule has 1 aromatic carbocycles. The van der Waals surface area contributed by atoms with E-state index in [0.717, 1.165) is 62.9 Å². The SMILES string of the molecule is CCOc1ccc(CC(=O)N2CCCC3(CCOCC3)C2C(=O)N2CCCC2)cc1. The fraction of sp³-hybridized carbons (Fsp3) is 0.667. The molecule has 3 fully saturated rings. The molecule has 0 aromatic heterocycles. The van der Waals surface area contributed by atoms with Crippen molar-refractivity contribution < 1.29 is 19.1 Å². The number of likely N-dealkylation sites (tertiary alicyclic amines) is 2. The van der Waals surface area contributed by atoms with E-state index < -0.39 is 0 Å². The number of hydrogen-bond donors (Lipinski definition) is 0. The number of hydrogen-bond acceptors (Lipinski definition) is 4. The molecule has 6 heteroatoms.